The summed E-state index contributed by atoms with van der Waals surface area (Å²) in [5, 5.41) is 0.389. The smallest absolute Gasteiger partial charge is 0.336 e. The molecule has 1 aliphatic carbocycles. The Morgan fingerprint density at radius 1 is 1.06 bits per heavy atom. The van der Waals surface area contributed by atoms with E-state index in [-0.39, 0.29) is 16.3 Å². The minimum atomic E-state index is -4.50. The summed E-state index contributed by atoms with van der Waals surface area (Å²) >= 11 is 3.56. The number of allylic oxidation sites excluding steroid dienone is 2. The van der Waals surface area contributed by atoms with Crippen molar-refractivity contribution in [2.24, 2.45) is 5.41 Å². The number of hydrogen-bond acceptors (Lipinski definition) is 5. The van der Waals surface area contributed by atoms with Crippen molar-refractivity contribution in [2.45, 2.75) is 30.7 Å². The number of halogens is 1. The van der Waals surface area contributed by atoms with Gasteiger partial charge in [0.1, 0.15) is 5.75 Å². The molecule has 2 atom stereocenters. The molecule has 1 N–H and O–H groups in total. The standard InChI is InChI=1S/C26H28BrNO6S2/c1-26(24-10-6-7-15-28(24)36(31,32)33)16-20(18-27)25(19-11-13-21(34-2)14-12-19)23(17-26)35(29,30)22-8-4-3-5-9-22/h3-9,11-14,17,24H,10,15-16,18H2,1-2H3,(H,31,32,33). The molecule has 2 unspecified atom stereocenters. The molecule has 2 aromatic rings. The second-order valence-corrected chi connectivity index (χ2v) is 13.0. The third-order valence-corrected chi connectivity index (χ3v) is 10.2. The van der Waals surface area contributed by atoms with Crippen LogP contribution in [0.1, 0.15) is 25.3 Å². The molecule has 1 aliphatic heterocycles. The van der Waals surface area contributed by atoms with E-state index in [0.717, 1.165) is 9.88 Å². The number of ether oxygens (including phenoxy) is 1. The Labute approximate surface area is 221 Å². The summed E-state index contributed by atoms with van der Waals surface area (Å²) in [7, 11) is -6.92. The van der Waals surface area contributed by atoms with Crippen LogP contribution in [0.4, 0.5) is 0 Å². The average molecular weight is 595 g/mol. The summed E-state index contributed by atoms with van der Waals surface area (Å²) < 4.78 is 68.9. The van der Waals surface area contributed by atoms with Crippen LogP contribution >= 0.6 is 15.9 Å². The molecule has 36 heavy (non-hydrogen) atoms. The number of hydrogen-bond donors (Lipinski definition) is 1. The van der Waals surface area contributed by atoms with Gasteiger partial charge in [-0.2, -0.15) is 12.7 Å². The van der Waals surface area contributed by atoms with E-state index in [1.165, 1.54) is 0 Å². The van der Waals surface area contributed by atoms with Crippen molar-refractivity contribution in [2.75, 3.05) is 19.0 Å². The summed E-state index contributed by atoms with van der Waals surface area (Å²) in [5.74, 6) is 0.648. The van der Waals surface area contributed by atoms with Crippen LogP contribution in [0.25, 0.3) is 5.57 Å². The molecule has 0 fully saturated rings. The van der Waals surface area contributed by atoms with Crippen LogP contribution in [-0.4, -0.2) is 50.7 Å². The maximum absolute atomic E-state index is 14.1. The molecule has 0 amide bonds. The van der Waals surface area contributed by atoms with Gasteiger partial charge in [-0.3, -0.25) is 4.55 Å². The SMILES string of the molecule is COc1ccc(C2=C(CBr)CC(C)(C3CC=CCN3S(=O)(=O)O)C=C2S(=O)(=O)c2ccccc2)cc1. The Balaban J connectivity index is 1.96. The zero-order chi connectivity index (χ0) is 26.1. The first-order chi connectivity index (χ1) is 17.0. The van der Waals surface area contributed by atoms with Gasteiger partial charge in [-0.25, -0.2) is 8.42 Å². The van der Waals surface area contributed by atoms with E-state index < -0.39 is 31.6 Å². The monoisotopic (exact) mass is 593 g/mol. The van der Waals surface area contributed by atoms with Crippen molar-refractivity contribution in [3.05, 3.63) is 88.9 Å². The van der Waals surface area contributed by atoms with Crippen LogP contribution in [0, 0.1) is 5.41 Å². The van der Waals surface area contributed by atoms with Crippen molar-refractivity contribution in [1.82, 2.24) is 4.31 Å². The first-order valence-electron chi connectivity index (χ1n) is 11.4. The van der Waals surface area contributed by atoms with Gasteiger partial charge in [0, 0.05) is 28.9 Å². The molecule has 10 heteroatoms. The number of benzene rings is 2. The number of sulfone groups is 1. The van der Waals surface area contributed by atoms with Crippen LogP contribution in [0.15, 0.2) is 88.2 Å². The molecule has 0 bridgehead atoms. The molecule has 0 spiro atoms. The summed E-state index contributed by atoms with van der Waals surface area (Å²) in [4.78, 5) is 0.266. The second-order valence-electron chi connectivity index (χ2n) is 9.12. The Morgan fingerprint density at radius 2 is 1.72 bits per heavy atom. The lowest BCUT2D eigenvalue weighted by molar-refractivity contribution is 0.176. The molecule has 2 aromatic carbocycles. The van der Waals surface area contributed by atoms with E-state index in [9.17, 15) is 21.4 Å². The second kappa shape index (κ2) is 10.3. The van der Waals surface area contributed by atoms with E-state index >= 15 is 0 Å². The highest BCUT2D eigenvalue weighted by atomic mass is 79.9. The molecule has 1 heterocycles. The zero-order valence-corrected chi connectivity index (χ0v) is 23.2. The summed E-state index contributed by atoms with van der Waals surface area (Å²) in [6, 6.07) is 14.7. The van der Waals surface area contributed by atoms with E-state index in [0.29, 0.717) is 35.1 Å². The van der Waals surface area contributed by atoms with E-state index in [1.807, 2.05) is 25.1 Å². The van der Waals surface area contributed by atoms with Crippen LogP contribution < -0.4 is 4.74 Å². The number of alkyl halides is 1. The lowest BCUT2D eigenvalue weighted by Crippen LogP contribution is -2.50. The molecule has 0 aromatic heterocycles. The minimum absolute atomic E-state index is 0.0202. The van der Waals surface area contributed by atoms with Gasteiger partial charge in [-0.05, 0) is 48.2 Å². The van der Waals surface area contributed by atoms with E-state index in [2.05, 4.69) is 15.9 Å². The summed E-state index contributed by atoms with van der Waals surface area (Å²) in [6.45, 7) is 1.87. The lowest BCUT2D eigenvalue weighted by atomic mass is 9.70. The highest BCUT2D eigenvalue weighted by Gasteiger charge is 2.46. The predicted molar refractivity (Wildman–Crippen MR) is 144 cm³/mol. The van der Waals surface area contributed by atoms with Gasteiger partial charge in [0.25, 0.3) is 0 Å². The molecule has 0 radical (unpaired) electrons. The molecule has 4 rings (SSSR count). The largest absolute Gasteiger partial charge is 0.497 e. The Morgan fingerprint density at radius 3 is 2.31 bits per heavy atom. The van der Waals surface area contributed by atoms with Crippen LogP contribution in [-0.2, 0) is 20.1 Å². The van der Waals surface area contributed by atoms with Crippen molar-refractivity contribution in [3.63, 3.8) is 0 Å². The summed E-state index contributed by atoms with van der Waals surface area (Å²) in [6.07, 6.45) is 5.99. The van der Waals surface area contributed by atoms with E-state index in [4.69, 9.17) is 4.74 Å². The van der Waals surface area contributed by atoms with Crippen LogP contribution in [0.2, 0.25) is 0 Å². The highest BCUT2D eigenvalue weighted by Crippen LogP contribution is 2.49. The van der Waals surface area contributed by atoms with Crippen molar-refractivity contribution >= 4 is 41.6 Å². The lowest BCUT2D eigenvalue weighted by Gasteiger charge is -2.44. The van der Waals surface area contributed by atoms with Crippen LogP contribution in [0.3, 0.4) is 0 Å². The van der Waals surface area contributed by atoms with Gasteiger partial charge in [0.05, 0.1) is 16.9 Å². The quantitative estimate of drug-likeness (QED) is 0.274. The topological polar surface area (TPSA) is 101 Å². The predicted octanol–water partition coefficient (Wildman–Crippen LogP) is 5.04. The van der Waals surface area contributed by atoms with Crippen LogP contribution in [0.5, 0.6) is 5.75 Å². The van der Waals surface area contributed by atoms with Gasteiger partial charge in [0.15, 0.2) is 0 Å². The minimum Gasteiger partial charge on any atom is -0.497 e. The maximum atomic E-state index is 14.1. The van der Waals surface area contributed by atoms with Gasteiger partial charge in [-0.15, -0.1) is 0 Å². The highest BCUT2D eigenvalue weighted by molar-refractivity contribution is 9.09. The van der Waals surface area contributed by atoms with Gasteiger partial charge < -0.3 is 4.74 Å². The zero-order valence-electron chi connectivity index (χ0n) is 20.0. The fourth-order valence-electron chi connectivity index (χ4n) is 5.02. The van der Waals surface area contributed by atoms with E-state index in [1.54, 1.807) is 61.7 Å². The van der Waals surface area contributed by atoms with Gasteiger partial charge >= 0.3 is 10.3 Å². The Hall–Kier alpha value is -2.24. The third kappa shape index (κ3) is 5.10. The number of rotatable bonds is 7. The normalized spacial score (nSPS) is 23.4. The molecule has 0 saturated heterocycles. The molecular weight excluding hydrogens is 566 g/mol. The van der Waals surface area contributed by atoms with Gasteiger partial charge in [-0.1, -0.05) is 71.4 Å². The fraction of sp³-hybridized carbons (Fsp3) is 0.308. The van der Waals surface area contributed by atoms with Crippen molar-refractivity contribution < 1.29 is 26.1 Å². The van der Waals surface area contributed by atoms with Gasteiger partial charge in [0.2, 0.25) is 9.84 Å². The summed E-state index contributed by atoms with van der Waals surface area (Å²) in [5.41, 5.74) is 1.22. The number of methoxy groups -OCH3 is 1. The Kier molecular flexibility index (Phi) is 7.64. The first-order valence-corrected chi connectivity index (χ1v) is 15.4. The number of nitrogens with zero attached hydrogens (tertiary/aromatic N) is 1. The van der Waals surface area contributed by atoms with Crippen molar-refractivity contribution in [3.8, 4) is 5.75 Å². The molecule has 2 aliphatic rings. The van der Waals surface area contributed by atoms with Crippen molar-refractivity contribution in [1.29, 1.82) is 0 Å². The Bertz CT molecular complexity index is 1430. The molecule has 0 saturated carbocycles. The third-order valence-electron chi connectivity index (χ3n) is 6.75. The maximum Gasteiger partial charge on any atom is 0.336 e. The molecular formula is C26H28BrNO6S2. The molecule has 192 valence electrons. The fourth-order valence-corrected chi connectivity index (χ4v) is 8.14. The first kappa shape index (κ1) is 26.8. The molecule has 7 nitrogen and oxygen atoms in total. The average Bonchev–Trinajstić information content (AvgIpc) is 2.88.